The normalized spacial score (nSPS) is 14.8. The molecule has 0 bridgehead atoms. The molecule has 0 saturated heterocycles. The number of hydrogen-bond acceptors (Lipinski definition) is 3. The highest BCUT2D eigenvalue weighted by molar-refractivity contribution is 7.51. The summed E-state index contributed by atoms with van der Waals surface area (Å²) in [5, 5.41) is 0.715. The molecule has 4 nitrogen and oxygen atoms in total. The molecule has 0 aliphatic rings. The van der Waals surface area contributed by atoms with Crippen molar-refractivity contribution in [3.63, 3.8) is 0 Å². The van der Waals surface area contributed by atoms with Crippen molar-refractivity contribution in [3.05, 3.63) is 0 Å². The zero-order valence-corrected chi connectivity index (χ0v) is 11.4. The predicted octanol–water partition coefficient (Wildman–Crippen LogP) is 3.82. The maximum absolute atomic E-state index is 12.5. The Hall–Kier alpha value is -0.0200. The molecule has 0 saturated carbocycles. The molecule has 0 atom stereocenters. The molecule has 0 aromatic heterocycles. The molecule has 1 N–H and O–H groups in total. The minimum Gasteiger partial charge on any atom is -0.297 e. The van der Waals surface area contributed by atoms with Gasteiger partial charge in [-0.3, -0.25) is 9.05 Å². The molecule has 12 heteroatoms. The van der Waals surface area contributed by atoms with Gasteiger partial charge in [-0.15, -0.1) is 0 Å². The second-order valence-corrected chi connectivity index (χ2v) is 5.40. The van der Waals surface area contributed by atoms with Crippen LogP contribution in [0.3, 0.4) is 0 Å². The standard InChI is InChI=1S/C7H11ClF6NO3P/c1-3-17-19(16,18-4-2)15-5(8,6(9,10)11)7(12,13)14/h3-4H2,1-2H3,(H,15,16). The van der Waals surface area contributed by atoms with Crippen LogP contribution in [0.4, 0.5) is 26.3 Å². The van der Waals surface area contributed by atoms with E-state index in [-0.39, 0.29) is 0 Å². The SMILES string of the molecule is CCOP(=O)(NC(Cl)(C(F)(F)F)C(F)(F)F)OCC. The maximum atomic E-state index is 12.5. The number of rotatable bonds is 6. The van der Waals surface area contributed by atoms with E-state index in [0.717, 1.165) is 0 Å². The van der Waals surface area contributed by atoms with Gasteiger partial charge >= 0.3 is 20.1 Å². The van der Waals surface area contributed by atoms with Crippen LogP contribution in [0.2, 0.25) is 0 Å². The summed E-state index contributed by atoms with van der Waals surface area (Å²) in [6.45, 7) is 1.55. The topological polar surface area (TPSA) is 47.6 Å². The molecule has 19 heavy (non-hydrogen) atoms. The van der Waals surface area contributed by atoms with Gasteiger partial charge in [-0.05, 0) is 13.8 Å². The summed E-state index contributed by atoms with van der Waals surface area (Å²) < 4.78 is 95.1. The highest BCUT2D eigenvalue weighted by Crippen LogP contribution is 2.54. The molecular weight excluding hydrogens is 326 g/mol. The summed E-state index contributed by atoms with van der Waals surface area (Å²) in [5.74, 6) is 0. The molecular formula is C7H11ClF6NO3P. The average molecular weight is 338 g/mol. The van der Waals surface area contributed by atoms with Crippen LogP contribution in [0.25, 0.3) is 0 Å². The molecule has 0 fully saturated rings. The molecule has 0 aliphatic carbocycles. The quantitative estimate of drug-likeness (QED) is 0.346. The van der Waals surface area contributed by atoms with Crippen molar-refractivity contribution in [1.29, 1.82) is 0 Å². The minimum atomic E-state index is -5.96. The van der Waals surface area contributed by atoms with Gasteiger partial charge in [0, 0.05) is 0 Å². The molecule has 116 valence electrons. The number of alkyl halides is 7. The van der Waals surface area contributed by atoms with Crippen LogP contribution in [-0.4, -0.2) is 30.6 Å². The Kier molecular flexibility index (Phi) is 6.17. The number of halogens is 7. The third-order valence-corrected chi connectivity index (χ3v) is 4.13. The summed E-state index contributed by atoms with van der Waals surface area (Å²) >= 11 is 4.55. The van der Waals surface area contributed by atoms with Gasteiger partial charge in [0.25, 0.3) is 5.00 Å². The van der Waals surface area contributed by atoms with Crippen molar-refractivity contribution in [1.82, 2.24) is 5.09 Å². The third-order valence-electron chi connectivity index (χ3n) is 1.67. The van der Waals surface area contributed by atoms with E-state index in [1.165, 1.54) is 13.8 Å². The van der Waals surface area contributed by atoms with Crippen molar-refractivity contribution in [2.24, 2.45) is 0 Å². The minimum absolute atomic E-state index is 0.438. The smallest absolute Gasteiger partial charge is 0.297 e. The fourth-order valence-corrected chi connectivity index (χ4v) is 2.74. The van der Waals surface area contributed by atoms with E-state index in [1.807, 2.05) is 0 Å². The van der Waals surface area contributed by atoms with Gasteiger partial charge in [0.15, 0.2) is 0 Å². The van der Waals surface area contributed by atoms with Gasteiger partial charge < -0.3 is 0 Å². The van der Waals surface area contributed by atoms with Crippen molar-refractivity contribution in [2.45, 2.75) is 31.2 Å². The Bertz CT molecular complexity index is 323. The van der Waals surface area contributed by atoms with Gasteiger partial charge in [0.1, 0.15) is 0 Å². The third kappa shape index (κ3) is 4.49. The van der Waals surface area contributed by atoms with Crippen LogP contribution in [0, 0.1) is 0 Å². The van der Waals surface area contributed by atoms with E-state index in [1.54, 1.807) is 0 Å². The first-order valence-corrected chi connectivity index (χ1v) is 6.76. The highest BCUT2D eigenvalue weighted by atomic mass is 35.5. The molecule has 0 aromatic rings. The predicted molar refractivity (Wildman–Crippen MR) is 54.7 cm³/mol. The van der Waals surface area contributed by atoms with Crippen molar-refractivity contribution < 1.29 is 40.0 Å². The Balaban J connectivity index is 5.51. The molecule has 0 rings (SSSR count). The molecule has 0 aliphatic heterocycles. The Morgan fingerprint density at radius 1 is 1.00 bits per heavy atom. The summed E-state index contributed by atoms with van der Waals surface area (Å²) in [6.07, 6.45) is -11.9. The van der Waals surface area contributed by atoms with Crippen molar-refractivity contribution >= 4 is 19.3 Å². The molecule has 0 amide bonds. The van der Waals surface area contributed by atoms with Crippen LogP contribution < -0.4 is 5.09 Å². The monoisotopic (exact) mass is 337 g/mol. The van der Waals surface area contributed by atoms with Gasteiger partial charge in [-0.25, -0.2) is 4.57 Å². The molecule has 0 spiro atoms. The first-order chi connectivity index (χ1) is 8.33. The van der Waals surface area contributed by atoms with E-state index in [2.05, 4.69) is 20.6 Å². The first-order valence-electron chi connectivity index (χ1n) is 4.84. The van der Waals surface area contributed by atoms with Gasteiger partial charge in [0.2, 0.25) is 0 Å². The summed E-state index contributed by atoms with van der Waals surface area (Å²) in [5.41, 5.74) is 0. The largest absolute Gasteiger partial charge is 0.430 e. The van der Waals surface area contributed by atoms with E-state index >= 15 is 0 Å². The summed E-state index contributed by atoms with van der Waals surface area (Å²) in [6, 6.07) is 0. The van der Waals surface area contributed by atoms with E-state index < -0.39 is 38.3 Å². The fraction of sp³-hybridized carbons (Fsp3) is 1.00. The van der Waals surface area contributed by atoms with E-state index in [0.29, 0.717) is 5.09 Å². The average Bonchev–Trinajstić information content (AvgIpc) is 2.14. The Morgan fingerprint density at radius 3 is 1.53 bits per heavy atom. The molecule has 0 radical (unpaired) electrons. The zero-order chi connectivity index (χ0) is 15.5. The maximum Gasteiger partial charge on any atom is 0.430 e. The molecule has 0 heterocycles. The van der Waals surface area contributed by atoms with Crippen LogP contribution in [0.5, 0.6) is 0 Å². The van der Waals surface area contributed by atoms with Crippen LogP contribution in [-0.2, 0) is 13.6 Å². The lowest BCUT2D eigenvalue weighted by molar-refractivity contribution is -0.272. The van der Waals surface area contributed by atoms with Gasteiger partial charge in [-0.2, -0.15) is 31.4 Å². The van der Waals surface area contributed by atoms with Gasteiger partial charge in [-0.1, -0.05) is 11.6 Å². The van der Waals surface area contributed by atoms with Crippen LogP contribution >= 0.6 is 19.3 Å². The van der Waals surface area contributed by atoms with E-state index in [9.17, 15) is 30.9 Å². The molecule has 0 unspecified atom stereocenters. The van der Waals surface area contributed by atoms with E-state index in [4.69, 9.17) is 0 Å². The van der Waals surface area contributed by atoms with Crippen molar-refractivity contribution in [2.75, 3.05) is 13.2 Å². The second-order valence-electron chi connectivity index (χ2n) is 3.10. The first kappa shape index (κ1) is 19.0. The second kappa shape index (κ2) is 6.17. The fourth-order valence-electron chi connectivity index (χ4n) is 0.918. The Morgan fingerprint density at radius 2 is 1.32 bits per heavy atom. The van der Waals surface area contributed by atoms with Crippen molar-refractivity contribution in [3.8, 4) is 0 Å². The zero-order valence-electron chi connectivity index (χ0n) is 9.73. The van der Waals surface area contributed by atoms with Crippen LogP contribution in [0.15, 0.2) is 0 Å². The highest BCUT2D eigenvalue weighted by Gasteiger charge is 2.72. The lowest BCUT2D eigenvalue weighted by Gasteiger charge is -2.34. The lowest BCUT2D eigenvalue weighted by atomic mass is 10.3. The summed E-state index contributed by atoms with van der Waals surface area (Å²) in [4.78, 5) is -4.93. The van der Waals surface area contributed by atoms with Gasteiger partial charge in [0.05, 0.1) is 13.2 Å². The number of nitrogens with one attached hydrogen (secondary N) is 1. The molecule has 0 aromatic carbocycles. The number of hydrogen-bond donors (Lipinski definition) is 1. The Labute approximate surface area is 110 Å². The summed E-state index contributed by atoms with van der Waals surface area (Å²) in [7, 11) is -4.86. The van der Waals surface area contributed by atoms with Crippen LogP contribution in [0.1, 0.15) is 13.8 Å². The lowest BCUT2D eigenvalue weighted by Crippen LogP contribution is -2.61.